The highest BCUT2D eigenvalue weighted by molar-refractivity contribution is 5.95. The fourth-order valence-electron chi connectivity index (χ4n) is 3.23. The third-order valence-corrected chi connectivity index (χ3v) is 5.33. The van der Waals surface area contributed by atoms with E-state index in [1.54, 1.807) is 0 Å². The summed E-state index contributed by atoms with van der Waals surface area (Å²) in [6, 6.07) is 0. The molecule has 0 saturated heterocycles. The summed E-state index contributed by atoms with van der Waals surface area (Å²) in [6.45, 7) is 2.37. The highest BCUT2D eigenvalue weighted by Gasteiger charge is 2.12. The molecule has 0 spiro atoms. The van der Waals surface area contributed by atoms with Crippen LogP contribution in [0.1, 0.15) is 96.8 Å². The highest BCUT2D eigenvalue weighted by Crippen LogP contribution is 2.04. The summed E-state index contributed by atoms with van der Waals surface area (Å²) >= 11 is 0. The minimum absolute atomic E-state index is 0.0812. The van der Waals surface area contributed by atoms with Crippen LogP contribution in [0.5, 0.6) is 0 Å². The first kappa shape index (κ1) is 35.7. The molecule has 0 aromatic rings. The number of aldehydes is 1. The molecule has 0 aliphatic carbocycles. The van der Waals surface area contributed by atoms with E-state index >= 15 is 0 Å². The molecule has 0 aromatic heterocycles. The normalized spacial score (nSPS) is 10.3. The molecule has 0 aliphatic heterocycles. The molecule has 0 radical (unpaired) electrons. The van der Waals surface area contributed by atoms with E-state index in [1.165, 1.54) is 6.92 Å². The van der Waals surface area contributed by atoms with Crippen LogP contribution in [0.15, 0.2) is 0 Å². The van der Waals surface area contributed by atoms with Gasteiger partial charge in [0, 0.05) is 32.4 Å². The lowest BCUT2D eigenvalue weighted by Gasteiger charge is -2.08. The molecule has 12 nitrogen and oxygen atoms in total. The standard InChI is InChI=1S/C27H44N2O10/c1-22(31)12-6-4-10-18-38-26(35)20-23(32)28-14-15-29-24(33)21-27(36)39-19-11-5-7-13-25(34)37-17-9-3-2-8-16-30/h16H,2-15,17-21H2,1H3,(H,28,32)(H,29,33). The van der Waals surface area contributed by atoms with Crippen molar-refractivity contribution in [2.24, 2.45) is 0 Å². The zero-order valence-electron chi connectivity index (χ0n) is 23.1. The third-order valence-electron chi connectivity index (χ3n) is 5.33. The van der Waals surface area contributed by atoms with Crippen LogP contribution in [0.3, 0.4) is 0 Å². The van der Waals surface area contributed by atoms with Gasteiger partial charge in [-0.15, -0.1) is 0 Å². The molecule has 2 amide bonds. The predicted molar refractivity (Wildman–Crippen MR) is 140 cm³/mol. The Balaban J connectivity index is 3.63. The van der Waals surface area contributed by atoms with Gasteiger partial charge in [-0.05, 0) is 64.7 Å². The van der Waals surface area contributed by atoms with Gasteiger partial charge in [-0.25, -0.2) is 0 Å². The molecule has 12 heteroatoms. The number of rotatable bonds is 25. The van der Waals surface area contributed by atoms with E-state index in [9.17, 15) is 33.6 Å². The molecule has 0 rings (SSSR count). The first-order chi connectivity index (χ1) is 18.7. The Bertz CT molecular complexity index is 770. The minimum Gasteiger partial charge on any atom is -0.466 e. The van der Waals surface area contributed by atoms with Crippen molar-refractivity contribution in [1.29, 1.82) is 0 Å². The summed E-state index contributed by atoms with van der Waals surface area (Å²) in [7, 11) is 0. The third kappa shape index (κ3) is 26.1. The zero-order chi connectivity index (χ0) is 29.1. The monoisotopic (exact) mass is 556 g/mol. The van der Waals surface area contributed by atoms with Crippen LogP contribution in [0, 0.1) is 0 Å². The molecule has 222 valence electrons. The van der Waals surface area contributed by atoms with Crippen LogP contribution in [0.2, 0.25) is 0 Å². The van der Waals surface area contributed by atoms with E-state index < -0.39 is 36.6 Å². The van der Waals surface area contributed by atoms with Crippen LogP contribution in [0.25, 0.3) is 0 Å². The van der Waals surface area contributed by atoms with E-state index in [2.05, 4.69) is 10.6 Å². The number of hydrogen-bond acceptors (Lipinski definition) is 10. The van der Waals surface area contributed by atoms with Crippen molar-refractivity contribution >= 4 is 41.8 Å². The van der Waals surface area contributed by atoms with Crippen molar-refractivity contribution in [1.82, 2.24) is 10.6 Å². The van der Waals surface area contributed by atoms with Gasteiger partial charge < -0.3 is 34.4 Å². The van der Waals surface area contributed by atoms with Crippen molar-refractivity contribution in [3.8, 4) is 0 Å². The molecule has 0 saturated carbocycles. The van der Waals surface area contributed by atoms with Gasteiger partial charge in [0.15, 0.2) is 0 Å². The van der Waals surface area contributed by atoms with Crippen LogP contribution < -0.4 is 10.6 Å². The average Bonchev–Trinajstić information content (AvgIpc) is 2.87. The van der Waals surface area contributed by atoms with Gasteiger partial charge in [0.05, 0.1) is 19.8 Å². The second kappa shape index (κ2) is 25.0. The summed E-state index contributed by atoms with van der Waals surface area (Å²) in [5, 5.41) is 4.95. The van der Waals surface area contributed by atoms with E-state index in [0.717, 1.165) is 38.4 Å². The van der Waals surface area contributed by atoms with E-state index in [-0.39, 0.29) is 44.5 Å². The smallest absolute Gasteiger partial charge is 0.315 e. The number of Topliss-reactive ketones (excluding diaryl/α,β-unsaturated/α-hetero) is 1. The lowest BCUT2D eigenvalue weighted by molar-refractivity contribution is -0.148. The largest absolute Gasteiger partial charge is 0.466 e. The Morgan fingerprint density at radius 1 is 0.564 bits per heavy atom. The Morgan fingerprint density at radius 2 is 1.00 bits per heavy atom. The number of amides is 2. The van der Waals surface area contributed by atoms with Gasteiger partial charge in [0.25, 0.3) is 0 Å². The topological polar surface area (TPSA) is 171 Å². The molecular weight excluding hydrogens is 512 g/mol. The number of ether oxygens (including phenoxy) is 3. The maximum absolute atomic E-state index is 11.8. The van der Waals surface area contributed by atoms with Gasteiger partial charge >= 0.3 is 17.9 Å². The molecule has 2 N–H and O–H groups in total. The SMILES string of the molecule is CC(=O)CCCCCOC(=O)CC(=O)NCCNC(=O)CC(=O)OCCCCCC(=O)OCCCCCC=O. The maximum Gasteiger partial charge on any atom is 0.315 e. The quantitative estimate of drug-likeness (QED) is 0.0558. The lowest BCUT2D eigenvalue weighted by Crippen LogP contribution is -2.36. The second-order valence-electron chi connectivity index (χ2n) is 9.05. The van der Waals surface area contributed by atoms with E-state index in [1.807, 2.05) is 0 Å². The van der Waals surface area contributed by atoms with Crippen LogP contribution >= 0.6 is 0 Å². The summed E-state index contributed by atoms with van der Waals surface area (Å²) in [6.07, 6.45) is 7.63. The molecule has 0 atom stereocenters. The molecule has 0 fully saturated rings. The van der Waals surface area contributed by atoms with Gasteiger partial charge in [0.1, 0.15) is 24.9 Å². The van der Waals surface area contributed by atoms with Gasteiger partial charge in [-0.3, -0.25) is 24.0 Å². The Morgan fingerprint density at radius 3 is 1.46 bits per heavy atom. The molecule has 39 heavy (non-hydrogen) atoms. The van der Waals surface area contributed by atoms with Crippen molar-refractivity contribution in [2.45, 2.75) is 96.8 Å². The van der Waals surface area contributed by atoms with Crippen LogP contribution in [0.4, 0.5) is 0 Å². The molecule has 0 aromatic carbocycles. The highest BCUT2D eigenvalue weighted by atomic mass is 16.5. The number of nitrogens with one attached hydrogen (secondary N) is 2. The van der Waals surface area contributed by atoms with Crippen molar-refractivity contribution in [3.63, 3.8) is 0 Å². The lowest BCUT2D eigenvalue weighted by atomic mass is 10.1. The minimum atomic E-state index is -0.672. The van der Waals surface area contributed by atoms with Gasteiger partial charge in [-0.2, -0.15) is 0 Å². The zero-order valence-corrected chi connectivity index (χ0v) is 23.1. The molecule has 0 unspecified atom stereocenters. The molecule has 0 aliphatic rings. The molecule has 0 heterocycles. The number of carbonyl (C=O) groups excluding carboxylic acids is 7. The Kier molecular flexibility index (Phi) is 22.9. The second-order valence-corrected chi connectivity index (χ2v) is 9.05. The van der Waals surface area contributed by atoms with Crippen LogP contribution in [-0.2, 0) is 47.8 Å². The number of esters is 3. The van der Waals surface area contributed by atoms with E-state index in [0.29, 0.717) is 45.1 Å². The first-order valence-corrected chi connectivity index (χ1v) is 13.7. The fraction of sp³-hybridized carbons (Fsp3) is 0.741. The molecular formula is C27H44N2O10. The summed E-state index contributed by atoms with van der Waals surface area (Å²) in [5.74, 6) is -2.56. The average molecular weight is 557 g/mol. The van der Waals surface area contributed by atoms with Gasteiger partial charge in [-0.1, -0.05) is 0 Å². The number of hydrogen-bond donors (Lipinski definition) is 2. The Hall–Kier alpha value is -3.31. The maximum atomic E-state index is 11.8. The summed E-state index contributed by atoms with van der Waals surface area (Å²) in [5.41, 5.74) is 0. The first-order valence-electron chi connectivity index (χ1n) is 13.7. The Labute approximate surface area is 230 Å². The van der Waals surface area contributed by atoms with Crippen molar-refractivity contribution in [2.75, 3.05) is 32.9 Å². The predicted octanol–water partition coefficient (Wildman–Crippen LogP) is 2.10. The number of ketones is 1. The number of carbonyl (C=O) groups is 7. The fourth-order valence-corrected chi connectivity index (χ4v) is 3.23. The van der Waals surface area contributed by atoms with Crippen molar-refractivity contribution in [3.05, 3.63) is 0 Å². The van der Waals surface area contributed by atoms with Crippen LogP contribution in [-0.4, -0.2) is 74.7 Å². The molecule has 0 bridgehead atoms. The van der Waals surface area contributed by atoms with E-state index in [4.69, 9.17) is 14.2 Å². The number of unbranched alkanes of at least 4 members (excludes halogenated alkanes) is 7. The summed E-state index contributed by atoms with van der Waals surface area (Å²) < 4.78 is 15.1. The summed E-state index contributed by atoms with van der Waals surface area (Å²) in [4.78, 5) is 79.5. The van der Waals surface area contributed by atoms with Gasteiger partial charge in [0.2, 0.25) is 11.8 Å². The van der Waals surface area contributed by atoms with Crippen molar-refractivity contribution < 1.29 is 47.8 Å².